The van der Waals surface area contributed by atoms with Crippen molar-refractivity contribution in [2.24, 2.45) is 0 Å². The molecule has 104 valence electrons. The molecule has 0 spiro atoms. The molecule has 2 aromatic rings. The van der Waals surface area contributed by atoms with Crippen molar-refractivity contribution >= 4 is 28.9 Å². The topological polar surface area (TPSA) is 12.0 Å². The van der Waals surface area contributed by atoms with Gasteiger partial charge in [-0.3, -0.25) is 0 Å². The van der Waals surface area contributed by atoms with E-state index in [9.17, 15) is 0 Å². The first kappa shape index (κ1) is 13.8. The number of fused-ring (bicyclic) bond motifs is 1. The molecule has 0 aliphatic heterocycles. The second kappa shape index (κ2) is 5.67. The molecule has 1 nitrogen and oxygen atoms in total. The summed E-state index contributed by atoms with van der Waals surface area (Å²) in [6, 6.07) is 12.6. The smallest absolute Gasteiger partial charge is 0.0485 e. The van der Waals surface area contributed by atoms with Gasteiger partial charge in [-0.15, -0.1) is 0 Å². The number of anilines is 1. The summed E-state index contributed by atoms with van der Waals surface area (Å²) in [5.74, 6) is 0. The maximum atomic E-state index is 6.03. The van der Waals surface area contributed by atoms with Crippen LogP contribution in [0, 0.1) is 0 Å². The molecule has 0 aromatic heterocycles. The van der Waals surface area contributed by atoms with Crippen molar-refractivity contribution in [2.75, 3.05) is 5.32 Å². The average molecular weight is 306 g/mol. The van der Waals surface area contributed by atoms with Crippen LogP contribution in [0.3, 0.4) is 0 Å². The van der Waals surface area contributed by atoms with E-state index in [1.165, 1.54) is 36.0 Å². The van der Waals surface area contributed by atoms with E-state index in [1.54, 1.807) is 6.07 Å². The Morgan fingerprint density at radius 2 is 1.65 bits per heavy atom. The standard InChI is InChI=1S/C17H17Cl2N/c1-11(20-17-9-15(18)8-16(19)10-17)13-6-5-12-3-2-4-14(12)7-13/h5-11,20H,2-4H2,1H3. The summed E-state index contributed by atoms with van der Waals surface area (Å²) < 4.78 is 0. The largest absolute Gasteiger partial charge is 0.378 e. The Balaban J connectivity index is 1.80. The predicted molar refractivity (Wildman–Crippen MR) is 87.0 cm³/mol. The molecule has 0 amide bonds. The van der Waals surface area contributed by atoms with Crippen LogP contribution in [-0.4, -0.2) is 0 Å². The summed E-state index contributed by atoms with van der Waals surface area (Å²) in [4.78, 5) is 0. The lowest BCUT2D eigenvalue weighted by Gasteiger charge is -2.17. The molecule has 1 aliphatic carbocycles. The van der Waals surface area contributed by atoms with Gasteiger partial charge in [0.25, 0.3) is 0 Å². The Bertz CT molecular complexity index is 617. The van der Waals surface area contributed by atoms with Gasteiger partial charge < -0.3 is 5.32 Å². The minimum Gasteiger partial charge on any atom is -0.378 e. The fraction of sp³-hybridized carbons (Fsp3) is 0.294. The second-order valence-corrected chi connectivity index (χ2v) is 6.28. The fourth-order valence-electron chi connectivity index (χ4n) is 2.83. The Morgan fingerprint density at radius 3 is 2.40 bits per heavy atom. The third-order valence-electron chi connectivity index (χ3n) is 3.87. The molecule has 1 N–H and O–H groups in total. The van der Waals surface area contributed by atoms with E-state index >= 15 is 0 Å². The molecule has 1 atom stereocenters. The molecule has 20 heavy (non-hydrogen) atoms. The van der Waals surface area contributed by atoms with Crippen molar-refractivity contribution < 1.29 is 0 Å². The van der Waals surface area contributed by atoms with Gasteiger partial charge in [-0.2, -0.15) is 0 Å². The molecule has 0 heterocycles. The molecule has 0 radical (unpaired) electrons. The first-order valence-electron chi connectivity index (χ1n) is 6.96. The van der Waals surface area contributed by atoms with Crippen LogP contribution in [0.1, 0.15) is 36.1 Å². The molecule has 3 heteroatoms. The summed E-state index contributed by atoms with van der Waals surface area (Å²) in [6.07, 6.45) is 3.71. The lowest BCUT2D eigenvalue weighted by molar-refractivity contribution is 0.879. The molecule has 0 saturated heterocycles. The lowest BCUT2D eigenvalue weighted by atomic mass is 10.0. The second-order valence-electron chi connectivity index (χ2n) is 5.41. The van der Waals surface area contributed by atoms with Crippen molar-refractivity contribution in [3.8, 4) is 0 Å². The van der Waals surface area contributed by atoms with E-state index in [0.717, 1.165) is 5.69 Å². The highest BCUT2D eigenvalue weighted by Crippen LogP contribution is 2.29. The first-order valence-corrected chi connectivity index (χ1v) is 7.72. The number of benzene rings is 2. The first-order chi connectivity index (χ1) is 9.61. The molecular weight excluding hydrogens is 289 g/mol. The highest BCUT2D eigenvalue weighted by Gasteiger charge is 2.13. The Hall–Kier alpha value is -1.18. The molecule has 1 unspecified atom stereocenters. The van der Waals surface area contributed by atoms with Crippen molar-refractivity contribution in [3.63, 3.8) is 0 Å². The number of halogens is 2. The highest BCUT2D eigenvalue weighted by atomic mass is 35.5. The van der Waals surface area contributed by atoms with E-state index in [2.05, 4.69) is 30.4 Å². The third kappa shape index (κ3) is 2.94. The van der Waals surface area contributed by atoms with Gasteiger partial charge in [0, 0.05) is 21.8 Å². The minimum absolute atomic E-state index is 0.232. The quantitative estimate of drug-likeness (QED) is 0.772. The number of nitrogens with one attached hydrogen (secondary N) is 1. The van der Waals surface area contributed by atoms with Gasteiger partial charge in [-0.1, -0.05) is 41.4 Å². The van der Waals surface area contributed by atoms with E-state index in [1.807, 2.05) is 12.1 Å². The van der Waals surface area contributed by atoms with Crippen LogP contribution >= 0.6 is 23.2 Å². The van der Waals surface area contributed by atoms with Crippen LogP contribution in [0.4, 0.5) is 5.69 Å². The minimum atomic E-state index is 0.232. The zero-order valence-corrected chi connectivity index (χ0v) is 12.9. The molecule has 1 aliphatic rings. The lowest BCUT2D eigenvalue weighted by Crippen LogP contribution is -2.07. The average Bonchev–Trinajstić information content (AvgIpc) is 2.84. The monoisotopic (exact) mass is 305 g/mol. The van der Waals surface area contributed by atoms with Gasteiger partial charge in [-0.25, -0.2) is 0 Å². The summed E-state index contributed by atoms with van der Waals surface area (Å²) >= 11 is 12.1. The number of aryl methyl sites for hydroxylation is 2. The van der Waals surface area contributed by atoms with Crippen molar-refractivity contribution in [2.45, 2.75) is 32.2 Å². The molecule has 0 bridgehead atoms. The Labute approximate surface area is 129 Å². The van der Waals surface area contributed by atoms with Gasteiger partial charge in [0.05, 0.1) is 0 Å². The van der Waals surface area contributed by atoms with Gasteiger partial charge in [0.15, 0.2) is 0 Å². The molecule has 3 rings (SSSR count). The fourth-order valence-corrected chi connectivity index (χ4v) is 3.36. The van der Waals surface area contributed by atoms with Gasteiger partial charge in [-0.05, 0) is 61.1 Å². The molecule has 2 aromatic carbocycles. The van der Waals surface area contributed by atoms with Crippen LogP contribution in [0.25, 0.3) is 0 Å². The van der Waals surface area contributed by atoms with Crippen molar-refractivity contribution in [3.05, 3.63) is 63.1 Å². The predicted octanol–water partition coefficient (Wildman–Crippen LogP) is 5.66. The van der Waals surface area contributed by atoms with E-state index in [4.69, 9.17) is 23.2 Å². The highest BCUT2D eigenvalue weighted by molar-refractivity contribution is 6.35. The summed E-state index contributed by atoms with van der Waals surface area (Å²) in [7, 11) is 0. The van der Waals surface area contributed by atoms with E-state index in [-0.39, 0.29) is 6.04 Å². The summed E-state index contributed by atoms with van der Waals surface area (Å²) in [5.41, 5.74) is 5.27. The van der Waals surface area contributed by atoms with Gasteiger partial charge in [0.1, 0.15) is 0 Å². The van der Waals surface area contributed by atoms with Crippen molar-refractivity contribution in [1.29, 1.82) is 0 Å². The summed E-state index contributed by atoms with van der Waals surface area (Å²) in [5, 5.41) is 4.77. The maximum absolute atomic E-state index is 6.03. The third-order valence-corrected chi connectivity index (χ3v) is 4.30. The SMILES string of the molecule is CC(Nc1cc(Cl)cc(Cl)c1)c1ccc2c(c1)CCC2. The molecule has 0 fully saturated rings. The summed E-state index contributed by atoms with van der Waals surface area (Å²) in [6.45, 7) is 2.16. The Morgan fingerprint density at radius 1 is 0.950 bits per heavy atom. The molecular formula is C17H17Cl2N. The maximum Gasteiger partial charge on any atom is 0.0485 e. The van der Waals surface area contributed by atoms with Crippen LogP contribution in [-0.2, 0) is 12.8 Å². The Kier molecular flexibility index (Phi) is 3.91. The van der Waals surface area contributed by atoms with Gasteiger partial charge in [0.2, 0.25) is 0 Å². The number of hydrogen-bond acceptors (Lipinski definition) is 1. The zero-order valence-electron chi connectivity index (χ0n) is 11.4. The van der Waals surface area contributed by atoms with Crippen LogP contribution in [0.5, 0.6) is 0 Å². The molecule has 0 saturated carbocycles. The zero-order chi connectivity index (χ0) is 14.1. The number of hydrogen-bond donors (Lipinski definition) is 1. The van der Waals surface area contributed by atoms with Crippen molar-refractivity contribution in [1.82, 2.24) is 0 Å². The van der Waals surface area contributed by atoms with E-state index < -0.39 is 0 Å². The van der Waals surface area contributed by atoms with Crippen LogP contribution < -0.4 is 5.32 Å². The van der Waals surface area contributed by atoms with E-state index in [0.29, 0.717) is 10.0 Å². The number of rotatable bonds is 3. The van der Waals surface area contributed by atoms with Crippen LogP contribution in [0.2, 0.25) is 10.0 Å². The van der Waals surface area contributed by atoms with Gasteiger partial charge >= 0.3 is 0 Å². The normalized spacial score (nSPS) is 14.9. The van der Waals surface area contributed by atoms with Crippen LogP contribution in [0.15, 0.2) is 36.4 Å².